The Morgan fingerprint density at radius 1 is 1.03 bits per heavy atom. The van der Waals surface area contributed by atoms with Gasteiger partial charge < -0.3 is 9.88 Å². The number of piperidine rings is 1. The van der Waals surface area contributed by atoms with Gasteiger partial charge in [-0.25, -0.2) is 4.98 Å². The largest absolute Gasteiger partial charge is 0.338 e. The molecule has 1 saturated heterocycles. The van der Waals surface area contributed by atoms with Gasteiger partial charge in [-0.1, -0.05) is 79.2 Å². The van der Waals surface area contributed by atoms with Crippen LogP contribution in [0.15, 0.2) is 72.8 Å². The maximum atomic E-state index is 6.22. The number of imidazole rings is 1. The number of hydrogen-bond acceptors (Lipinski definition) is 2. The number of likely N-dealkylation sites (tertiary alicyclic amines) is 1. The van der Waals surface area contributed by atoms with Crippen molar-refractivity contribution in [2.24, 2.45) is 5.92 Å². The second-order valence-corrected chi connectivity index (χ2v) is 11.5. The highest BCUT2D eigenvalue weighted by Crippen LogP contribution is 2.49. The predicted octanol–water partition coefficient (Wildman–Crippen LogP) is 7.83. The molecule has 2 fully saturated rings. The summed E-state index contributed by atoms with van der Waals surface area (Å²) in [6, 6.07) is 24.4. The summed E-state index contributed by atoms with van der Waals surface area (Å²) in [5.41, 5.74) is 7.81. The molecule has 3 aromatic carbocycles. The van der Waals surface area contributed by atoms with Gasteiger partial charge in [-0.2, -0.15) is 0 Å². The van der Waals surface area contributed by atoms with Crippen LogP contribution < -0.4 is 0 Å². The average Bonchev–Trinajstić information content (AvgIpc) is 3.64. The Kier molecular flexibility index (Phi) is 5.34. The third-order valence-corrected chi connectivity index (χ3v) is 9.48. The van der Waals surface area contributed by atoms with Crippen LogP contribution in [0.4, 0.5) is 0 Å². The molecule has 0 bridgehead atoms. The summed E-state index contributed by atoms with van der Waals surface area (Å²) in [6.07, 6.45) is 9.84. The Bertz CT molecular complexity index is 1470. The molecule has 2 aliphatic carbocycles. The minimum Gasteiger partial charge on any atom is -0.338 e. The number of benzene rings is 3. The fourth-order valence-electron chi connectivity index (χ4n) is 7.30. The number of allylic oxidation sites excluding steroid dienone is 1. The Morgan fingerprint density at radius 3 is 2.81 bits per heavy atom. The molecule has 1 spiro atoms. The fourth-order valence-corrected chi connectivity index (χ4v) is 7.48. The fraction of sp³-hybridized carbons (Fsp3) is 0.344. The van der Waals surface area contributed by atoms with E-state index in [0.717, 1.165) is 21.9 Å². The lowest BCUT2D eigenvalue weighted by atomic mass is 9.68. The second kappa shape index (κ2) is 8.61. The first kappa shape index (κ1) is 22.3. The van der Waals surface area contributed by atoms with Gasteiger partial charge in [0.1, 0.15) is 5.82 Å². The molecule has 4 atom stereocenters. The maximum Gasteiger partial charge on any atom is 0.138 e. The van der Waals surface area contributed by atoms with Crippen molar-refractivity contribution in [3.8, 4) is 11.4 Å². The molecular formula is C32H32ClN3. The Balaban J connectivity index is 1.10. The van der Waals surface area contributed by atoms with Crippen LogP contribution in [-0.2, 0) is 5.41 Å². The molecule has 2 heterocycles. The van der Waals surface area contributed by atoms with E-state index < -0.39 is 0 Å². The maximum absolute atomic E-state index is 6.22. The Labute approximate surface area is 218 Å². The third kappa shape index (κ3) is 3.55. The zero-order valence-corrected chi connectivity index (χ0v) is 21.5. The average molecular weight is 494 g/mol. The van der Waals surface area contributed by atoms with E-state index in [1.807, 2.05) is 18.2 Å². The summed E-state index contributed by atoms with van der Waals surface area (Å²) in [4.78, 5) is 11.2. The molecule has 1 aliphatic heterocycles. The molecule has 0 radical (unpaired) electrons. The Morgan fingerprint density at radius 2 is 1.89 bits per heavy atom. The lowest BCUT2D eigenvalue weighted by molar-refractivity contribution is 0.0898. The molecule has 0 amide bonds. The van der Waals surface area contributed by atoms with Gasteiger partial charge >= 0.3 is 0 Å². The van der Waals surface area contributed by atoms with Crippen molar-refractivity contribution in [1.82, 2.24) is 14.9 Å². The van der Waals surface area contributed by atoms with Crippen molar-refractivity contribution in [3.05, 3.63) is 94.5 Å². The van der Waals surface area contributed by atoms with Crippen molar-refractivity contribution in [1.29, 1.82) is 0 Å². The molecule has 3 aliphatic rings. The minimum atomic E-state index is 0.224. The van der Waals surface area contributed by atoms with E-state index in [1.54, 1.807) is 5.56 Å². The quantitative estimate of drug-likeness (QED) is 0.315. The number of hydrogen-bond donors (Lipinski definition) is 1. The van der Waals surface area contributed by atoms with E-state index in [1.165, 1.54) is 55.5 Å². The lowest BCUT2D eigenvalue weighted by Gasteiger charge is -2.46. The second-order valence-electron chi connectivity index (χ2n) is 11.1. The summed E-state index contributed by atoms with van der Waals surface area (Å²) in [6.45, 7) is 4.84. The van der Waals surface area contributed by atoms with Crippen LogP contribution in [0.2, 0.25) is 5.02 Å². The number of H-pyrrole nitrogens is 1. The number of nitrogens with zero attached hydrogens (tertiary/aromatic N) is 2. The predicted molar refractivity (Wildman–Crippen MR) is 149 cm³/mol. The van der Waals surface area contributed by atoms with Gasteiger partial charge in [-0.05, 0) is 79.0 Å². The van der Waals surface area contributed by atoms with E-state index >= 15 is 0 Å². The van der Waals surface area contributed by atoms with Crippen molar-refractivity contribution >= 4 is 28.7 Å². The molecule has 4 aromatic rings. The van der Waals surface area contributed by atoms with Gasteiger partial charge in [0.15, 0.2) is 0 Å². The number of fused-ring (bicyclic) bond motifs is 3. The zero-order chi connectivity index (χ0) is 24.3. The highest BCUT2D eigenvalue weighted by molar-refractivity contribution is 6.31. The smallest absolute Gasteiger partial charge is 0.138 e. The van der Waals surface area contributed by atoms with Crippen molar-refractivity contribution in [2.75, 3.05) is 13.1 Å². The lowest BCUT2D eigenvalue weighted by Crippen LogP contribution is -2.50. The summed E-state index contributed by atoms with van der Waals surface area (Å²) in [5.74, 6) is 2.15. The van der Waals surface area contributed by atoms with Crippen LogP contribution in [0, 0.1) is 5.92 Å². The highest BCUT2D eigenvalue weighted by Gasteiger charge is 2.45. The molecule has 1 N–H and O–H groups in total. The van der Waals surface area contributed by atoms with Crippen molar-refractivity contribution in [3.63, 3.8) is 0 Å². The topological polar surface area (TPSA) is 31.9 Å². The molecule has 3 nitrogen and oxygen atoms in total. The number of rotatable bonds is 3. The van der Waals surface area contributed by atoms with Gasteiger partial charge in [0.2, 0.25) is 0 Å². The number of halogens is 1. The monoisotopic (exact) mass is 493 g/mol. The first-order chi connectivity index (χ1) is 17.6. The van der Waals surface area contributed by atoms with E-state index in [4.69, 9.17) is 16.6 Å². The minimum absolute atomic E-state index is 0.224. The normalized spacial score (nSPS) is 27.8. The van der Waals surface area contributed by atoms with Crippen LogP contribution in [0.25, 0.3) is 28.5 Å². The van der Waals surface area contributed by atoms with Crippen LogP contribution in [0.1, 0.15) is 55.2 Å². The van der Waals surface area contributed by atoms with Crippen LogP contribution in [0.3, 0.4) is 0 Å². The first-order valence-electron chi connectivity index (χ1n) is 13.4. The van der Waals surface area contributed by atoms with E-state index in [-0.39, 0.29) is 5.41 Å². The SMILES string of the molecule is CC1CN(C2CCC(c3ccccc3-c3nc4ccc(Cl)cc4[nH]3)C2)CCC12C=Cc1ccccc12. The molecular weight excluding hydrogens is 462 g/mol. The van der Waals surface area contributed by atoms with Gasteiger partial charge in [-0.3, -0.25) is 0 Å². The van der Waals surface area contributed by atoms with Crippen molar-refractivity contribution in [2.45, 2.75) is 50.0 Å². The standard InChI is InChI=1S/C32H32ClN3/c1-21-20-36(17-16-32(21)15-14-22-6-2-5-9-28(22)32)25-12-10-23(18-25)26-7-3-4-8-27(26)31-34-29-13-11-24(33)19-30(29)35-31/h2-9,11,13-15,19,21,23,25H,10,12,16-18,20H2,1H3,(H,34,35). The van der Waals surface area contributed by atoms with E-state index in [2.05, 4.69) is 77.5 Å². The van der Waals surface area contributed by atoms with E-state index in [0.29, 0.717) is 17.9 Å². The zero-order valence-electron chi connectivity index (χ0n) is 20.8. The summed E-state index contributed by atoms with van der Waals surface area (Å²) in [5, 5.41) is 0.735. The number of aromatic nitrogens is 2. The summed E-state index contributed by atoms with van der Waals surface area (Å²) >= 11 is 6.22. The molecule has 4 unspecified atom stereocenters. The first-order valence-corrected chi connectivity index (χ1v) is 13.8. The molecule has 182 valence electrons. The molecule has 1 saturated carbocycles. The van der Waals surface area contributed by atoms with Crippen LogP contribution in [-0.4, -0.2) is 34.0 Å². The van der Waals surface area contributed by atoms with Crippen molar-refractivity contribution < 1.29 is 0 Å². The molecule has 4 heteroatoms. The van der Waals surface area contributed by atoms with E-state index in [9.17, 15) is 0 Å². The number of nitrogens with one attached hydrogen (secondary N) is 1. The van der Waals surface area contributed by atoms with Crippen LogP contribution >= 0.6 is 11.6 Å². The highest BCUT2D eigenvalue weighted by atomic mass is 35.5. The van der Waals surface area contributed by atoms with Gasteiger partial charge in [0.25, 0.3) is 0 Å². The van der Waals surface area contributed by atoms with Crippen LogP contribution in [0.5, 0.6) is 0 Å². The Hall–Kier alpha value is -2.88. The molecule has 7 rings (SSSR count). The molecule has 1 aromatic heterocycles. The third-order valence-electron chi connectivity index (χ3n) is 9.24. The number of aromatic amines is 1. The molecule has 36 heavy (non-hydrogen) atoms. The van der Waals surface area contributed by atoms with Gasteiger partial charge in [-0.15, -0.1) is 0 Å². The summed E-state index contributed by atoms with van der Waals surface area (Å²) < 4.78 is 0. The van der Waals surface area contributed by atoms with Gasteiger partial charge in [0.05, 0.1) is 11.0 Å². The van der Waals surface area contributed by atoms with Gasteiger partial charge in [0, 0.05) is 28.6 Å². The summed E-state index contributed by atoms with van der Waals surface area (Å²) in [7, 11) is 0.